The van der Waals surface area contributed by atoms with E-state index in [1.165, 1.54) is 0 Å². The van der Waals surface area contributed by atoms with E-state index in [-0.39, 0.29) is 12.5 Å². The summed E-state index contributed by atoms with van der Waals surface area (Å²) in [5.74, 6) is 0.508. The van der Waals surface area contributed by atoms with Crippen molar-refractivity contribution in [2.45, 2.75) is 6.54 Å². The van der Waals surface area contributed by atoms with Crippen LogP contribution in [0.25, 0.3) is 16.6 Å². The van der Waals surface area contributed by atoms with Crippen LogP contribution in [0.5, 0.6) is 5.75 Å². The molecule has 0 atom stereocenters. The Morgan fingerprint density at radius 3 is 2.81 bits per heavy atom. The van der Waals surface area contributed by atoms with E-state index in [9.17, 15) is 4.79 Å². The number of para-hydroxylation sites is 1. The third-order valence-electron chi connectivity index (χ3n) is 3.99. The van der Waals surface area contributed by atoms with Crippen LogP contribution < -0.4 is 10.1 Å². The van der Waals surface area contributed by atoms with Gasteiger partial charge in [-0.15, -0.1) is 5.10 Å². The number of carbonyl (C=O) groups excluding carboxylic acids is 1. The highest BCUT2D eigenvalue weighted by Gasteiger charge is 2.14. The molecule has 0 bridgehead atoms. The molecule has 0 aliphatic carbocycles. The van der Waals surface area contributed by atoms with Gasteiger partial charge in [-0.2, -0.15) is 5.10 Å². The Morgan fingerprint density at radius 1 is 1.19 bits per heavy atom. The van der Waals surface area contributed by atoms with Gasteiger partial charge in [0.1, 0.15) is 11.4 Å². The number of aromatic nitrogens is 5. The SMILES string of the molecule is COc1ccc(-n2cc(CNC(=O)c3n[nH]c4ccccc34)nn2)cc1. The van der Waals surface area contributed by atoms with Gasteiger partial charge in [0, 0.05) is 5.39 Å². The molecule has 0 aliphatic rings. The summed E-state index contributed by atoms with van der Waals surface area (Å²) in [7, 11) is 1.62. The van der Waals surface area contributed by atoms with Crippen LogP contribution in [0.1, 0.15) is 16.2 Å². The number of nitrogens with one attached hydrogen (secondary N) is 2. The van der Waals surface area contributed by atoms with E-state index in [2.05, 4.69) is 25.8 Å². The summed E-state index contributed by atoms with van der Waals surface area (Å²) in [6.45, 7) is 0.260. The summed E-state index contributed by atoms with van der Waals surface area (Å²) in [4.78, 5) is 12.4. The molecule has 0 radical (unpaired) electrons. The van der Waals surface area contributed by atoms with Crippen LogP contribution in [0.3, 0.4) is 0 Å². The predicted octanol–water partition coefficient (Wildman–Crippen LogP) is 2.08. The molecule has 26 heavy (non-hydrogen) atoms. The summed E-state index contributed by atoms with van der Waals surface area (Å²) >= 11 is 0. The third-order valence-corrected chi connectivity index (χ3v) is 3.99. The van der Waals surface area contributed by atoms with Crippen molar-refractivity contribution in [2.75, 3.05) is 7.11 Å². The molecule has 2 aromatic carbocycles. The van der Waals surface area contributed by atoms with Crippen LogP contribution in [0.2, 0.25) is 0 Å². The topological polar surface area (TPSA) is 97.7 Å². The molecule has 0 unspecified atom stereocenters. The predicted molar refractivity (Wildman–Crippen MR) is 95.2 cm³/mol. The largest absolute Gasteiger partial charge is 0.497 e. The highest BCUT2D eigenvalue weighted by atomic mass is 16.5. The van der Waals surface area contributed by atoms with E-state index in [0.29, 0.717) is 11.4 Å². The average molecular weight is 348 g/mol. The zero-order valence-corrected chi connectivity index (χ0v) is 14.0. The minimum atomic E-state index is -0.263. The van der Waals surface area contributed by atoms with E-state index in [4.69, 9.17) is 4.74 Å². The first-order valence-electron chi connectivity index (χ1n) is 8.01. The highest BCUT2D eigenvalue weighted by molar-refractivity contribution is 6.04. The number of carbonyl (C=O) groups is 1. The molecule has 2 heterocycles. The Labute approximate surface area is 148 Å². The molecular weight excluding hydrogens is 332 g/mol. The molecule has 0 spiro atoms. The molecule has 0 saturated heterocycles. The highest BCUT2D eigenvalue weighted by Crippen LogP contribution is 2.16. The van der Waals surface area contributed by atoms with Crippen molar-refractivity contribution in [3.8, 4) is 11.4 Å². The quantitative estimate of drug-likeness (QED) is 0.575. The molecule has 4 aromatic rings. The monoisotopic (exact) mass is 348 g/mol. The van der Waals surface area contributed by atoms with Crippen molar-refractivity contribution in [1.82, 2.24) is 30.5 Å². The summed E-state index contributed by atoms with van der Waals surface area (Å²) in [5.41, 5.74) is 2.69. The number of amides is 1. The van der Waals surface area contributed by atoms with Gasteiger partial charge >= 0.3 is 0 Å². The molecule has 0 fully saturated rings. The maximum Gasteiger partial charge on any atom is 0.272 e. The van der Waals surface area contributed by atoms with E-state index >= 15 is 0 Å². The normalized spacial score (nSPS) is 10.8. The maximum atomic E-state index is 12.4. The smallest absolute Gasteiger partial charge is 0.272 e. The number of aromatic amines is 1. The van der Waals surface area contributed by atoms with Gasteiger partial charge in [-0.3, -0.25) is 9.89 Å². The molecule has 2 N–H and O–H groups in total. The van der Waals surface area contributed by atoms with E-state index in [0.717, 1.165) is 22.3 Å². The van der Waals surface area contributed by atoms with Crippen molar-refractivity contribution in [1.29, 1.82) is 0 Å². The number of rotatable bonds is 5. The Morgan fingerprint density at radius 2 is 2.00 bits per heavy atom. The Balaban J connectivity index is 1.45. The molecular formula is C18H16N6O2. The lowest BCUT2D eigenvalue weighted by Gasteiger charge is -2.02. The second kappa shape index (κ2) is 6.67. The van der Waals surface area contributed by atoms with Gasteiger partial charge in [0.05, 0.1) is 31.1 Å². The number of fused-ring (bicyclic) bond motifs is 1. The first-order valence-corrected chi connectivity index (χ1v) is 8.01. The van der Waals surface area contributed by atoms with Crippen LogP contribution in [-0.4, -0.2) is 38.2 Å². The lowest BCUT2D eigenvalue weighted by atomic mass is 10.2. The molecule has 0 aliphatic heterocycles. The van der Waals surface area contributed by atoms with Gasteiger partial charge in [-0.25, -0.2) is 4.68 Å². The van der Waals surface area contributed by atoms with Crippen LogP contribution in [0.4, 0.5) is 0 Å². The first kappa shape index (κ1) is 15.8. The van der Waals surface area contributed by atoms with E-state index < -0.39 is 0 Å². The summed E-state index contributed by atoms with van der Waals surface area (Å²) in [6.07, 6.45) is 1.77. The first-order chi connectivity index (χ1) is 12.7. The van der Waals surface area contributed by atoms with Crippen LogP contribution >= 0.6 is 0 Å². The zero-order valence-electron chi connectivity index (χ0n) is 14.0. The molecule has 0 saturated carbocycles. The van der Waals surface area contributed by atoms with Crippen LogP contribution in [0, 0.1) is 0 Å². The lowest BCUT2D eigenvalue weighted by Crippen LogP contribution is -2.23. The summed E-state index contributed by atoms with van der Waals surface area (Å²) in [6, 6.07) is 14.9. The van der Waals surface area contributed by atoms with Gasteiger partial charge in [0.25, 0.3) is 5.91 Å². The molecule has 8 nitrogen and oxygen atoms in total. The fourth-order valence-corrected chi connectivity index (χ4v) is 2.63. The minimum Gasteiger partial charge on any atom is -0.497 e. The van der Waals surface area contributed by atoms with Crippen molar-refractivity contribution in [3.05, 3.63) is 66.1 Å². The number of H-pyrrole nitrogens is 1. The van der Waals surface area contributed by atoms with Crippen molar-refractivity contribution in [3.63, 3.8) is 0 Å². The second-order valence-electron chi connectivity index (χ2n) is 5.65. The van der Waals surface area contributed by atoms with Crippen molar-refractivity contribution >= 4 is 16.8 Å². The van der Waals surface area contributed by atoms with Gasteiger partial charge in [0.2, 0.25) is 0 Å². The molecule has 130 valence electrons. The van der Waals surface area contributed by atoms with Crippen molar-refractivity contribution in [2.24, 2.45) is 0 Å². The van der Waals surface area contributed by atoms with Gasteiger partial charge in [-0.1, -0.05) is 23.4 Å². The van der Waals surface area contributed by atoms with Crippen molar-refractivity contribution < 1.29 is 9.53 Å². The van der Waals surface area contributed by atoms with E-state index in [1.807, 2.05) is 48.5 Å². The van der Waals surface area contributed by atoms with Gasteiger partial charge < -0.3 is 10.1 Å². The number of benzene rings is 2. The van der Waals surface area contributed by atoms with Crippen LogP contribution in [0.15, 0.2) is 54.7 Å². The average Bonchev–Trinajstić information content (AvgIpc) is 3.33. The zero-order chi connectivity index (χ0) is 17.9. The Hall–Kier alpha value is -3.68. The number of ether oxygens (including phenoxy) is 1. The maximum absolute atomic E-state index is 12.4. The third kappa shape index (κ3) is 3.00. The lowest BCUT2D eigenvalue weighted by molar-refractivity contribution is 0.0947. The summed E-state index contributed by atoms with van der Waals surface area (Å²) in [5, 5.41) is 18.7. The second-order valence-corrected chi connectivity index (χ2v) is 5.65. The Bertz CT molecular complexity index is 1050. The minimum absolute atomic E-state index is 0.260. The summed E-state index contributed by atoms with van der Waals surface area (Å²) < 4.78 is 6.78. The van der Waals surface area contributed by atoms with Gasteiger partial charge in [0.15, 0.2) is 5.69 Å². The molecule has 2 aromatic heterocycles. The number of methoxy groups -OCH3 is 1. The molecule has 8 heteroatoms. The number of hydrogen-bond acceptors (Lipinski definition) is 5. The standard InChI is InChI=1S/C18H16N6O2/c1-26-14-8-6-13(7-9-14)24-11-12(20-23-24)10-19-18(25)17-15-4-2-3-5-16(15)21-22-17/h2-9,11H,10H2,1H3,(H,19,25)(H,21,22). The molecule has 1 amide bonds. The molecule has 4 rings (SSSR count). The van der Waals surface area contributed by atoms with Crippen LogP contribution in [-0.2, 0) is 6.54 Å². The number of hydrogen-bond donors (Lipinski definition) is 2. The fourth-order valence-electron chi connectivity index (χ4n) is 2.63. The fraction of sp³-hybridized carbons (Fsp3) is 0.111. The van der Waals surface area contributed by atoms with Gasteiger partial charge in [-0.05, 0) is 30.3 Å². The van der Waals surface area contributed by atoms with E-state index in [1.54, 1.807) is 18.0 Å². The Kier molecular flexibility index (Phi) is 4.06. The number of nitrogens with zero attached hydrogens (tertiary/aromatic N) is 4.